The van der Waals surface area contributed by atoms with E-state index in [0.717, 1.165) is 115 Å². The van der Waals surface area contributed by atoms with Crippen molar-refractivity contribution < 1.29 is 43.0 Å². The third-order valence-corrected chi connectivity index (χ3v) is 19.4. The van der Waals surface area contributed by atoms with E-state index in [4.69, 9.17) is 28.9 Å². The van der Waals surface area contributed by atoms with Gasteiger partial charge in [-0.1, -0.05) is 81.2 Å². The van der Waals surface area contributed by atoms with Crippen molar-refractivity contribution >= 4 is 62.6 Å². The number of carbonyl (C=O) groups is 3. The first-order valence-electron chi connectivity index (χ1n) is 30.3. The summed E-state index contributed by atoms with van der Waals surface area (Å²) in [5.74, 6) is -0.660. The maximum Gasteiger partial charge on any atom is 0.409 e. The number of aryl methyl sites for hydroxylation is 2. The Balaban J connectivity index is 0.665. The number of aromatic nitrogens is 5. The lowest BCUT2D eigenvalue weighted by molar-refractivity contribution is -0.141. The van der Waals surface area contributed by atoms with E-state index in [0.29, 0.717) is 61.1 Å². The van der Waals surface area contributed by atoms with Crippen molar-refractivity contribution in [1.82, 2.24) is 45.1 Å². The number of likely N-dealkylation sites (tertiary alicyclic amines) is 1. The zero-order chi connectivity index (χ0) is 59.1. The Kier molecular flexibility index (Phi) is 16.7. The first-order chi connectivity index (χ1) is 41.2. The summed E-state index contributed by atoms with van der Waals surface area (Å²) < 4.78 is 35.9. The van der Waals surface area contributed by atoms with Crippen LogP contribution in [-0.2, 0) is 20.7 Å². The molecule has 3 amide bonds. The van der Waals surface area contributed by atoms with E-state index in [9.17, 15) is 24.6 Å². The summed E-state index contributed by atoms with van der Waals surface area (Å²) in [5.41, 5.74) is 6.19. The molecule has 5 aliphatic rings. The number of aliphatic hydroxyl groups excluding tert-OH is 1. The molecule has 9 heterocycles. The van der Waals surface area contributed by atoms with E-state index < -0.39 is 23.9 Å². The number of thiazole rings is 1. The number of nitrogens with zero attached hydrogens (tertiary/aromatic N) is 10. The quantitative estimate of drug-likeness (QED) is 0.0820. The Morgan fingerprint density at radius 3 is 2.45 bits per heavy atom. The van der Waals surface area contributed by atoms with Gasteiger partial charge in [0.15, 0.2) is 17.4 Å². The van der Waals surface area contributed by atoms with E-state index in [1.54, 1.807) is 40.6 Å². The number of aromatic hydroxyl groups is 1. The summed E-state index contributed by atoms with van der Waals surface area (Å²) in [6.45, 7) is 14.4. The number of benzene rings is 3. The second-order valence-electron chi connectivity index (χ2n) is 24.2. The van der Waals surface area contributed by atoms with E-state index in [-0.39, 0.29) is 84.0 Å². The third kappa shape index (κ3) is 11.6. The first kappa shape index (κ1) is 57.9. The second-order valence-corrected chi connectivity index (χ2v) is 25.0. The highest BCUT2D eigenvalue weighted by molar-refractivity contribution is 7.13. The second kappa shape index (κ2) is 24.5. The number of rotatable bonds is 16. The van der Waals surface area contributed by atoms with E-state index in [1.807, 2.05) is 80.6 Å². The predicted molar refractivity (Wildman–Crippen MR) is 323 cm³/mol. The number of fused-ring (bicyclic) bond motifs is 3. The molecule has 2 unspecified atom stereocenters. The molecule has 12 rings (SSSR count). The fraction of sp³-hybridized carbons (Fsp3) is 0.500. The average Bonchev–Trinajstić information content (AvgIpc) is 2.80. The highest BCUT2D eigenvalue weighted by atomic mass is 32.1. The molecular formula is C64H76FN11O8S. The minimum atomic E-state index is -0.864. The van der Waals surface area contributed by atoms with Crippen LogP contribution in [0, 0.1) is 18.7 Å². The summed E-state index contributed by atoms with van der Waals surface area (Å²) in [5, 5.41) is 31.3. The number of phenols is 1. The number of ether oxygens (including phenoxy) is 2. The number of hydrogen-bond donors (Lipinski definition) is 3. The van der Waals surface area contributed by atoms with Crippen molar-refractivity contribution in [3.8, 4) is 33.5 Å². The molecule has 5 fully saturated rings. The smallest absolute Gasteiger partial charge is 0.409 e. The summed E-state index contributed by atoms with van der Waals surface area (Å²) in [6, 6.07) is 17.8. The zero-order valence-corrected chi connectivity index (χ0v) is 50.0. The number of nitrogens with one attached hydrogen (secondary N) is 1. The first-order valence-corrected chi connectivity index (χ1v) is 31.2. The number of hydrogen-bond acceptors (Lipinski definition) is 17. The van der Waals surface area contributed by atoms with Crippen LogP contribution in [0.2, 0.25) is 0 Å². The fourth-order valence-corrected chi connectivity index (χ4v) is 14.6. The van der Waals surface area contributed by atoms with Gasteiger partial charge in [-0.15, -0.1) is 11.3 Å². The number of β-amino-alcohol motifs (C(OH)–C–C–N with tert-alkyl or cyclic N) is 1. The van der Waals surface area contributed by atoms with Crippen molar-refractivity contribution in [1.29, 1.82) is 0 Å². The summed E-state index contributed by atoms with van der Waals surface area (Å²) >= 11 is 1.58. The molecule has 5 aliphatic heterocycles. The summed E-state index contributed by atoms with van der Waals surface area (Å²) in [4.78, 5) is 71.9. The van der Waals surface area contributed by atoms with Crippen LogP contribution in [0.1, 0.15) is 120 Å². The van der Waals surface area contributed by atoms with Crippen molar-refractivity contribution in [2.24, 2.45) is 5.92 Å². The Morgan fingerprint density at radius 1 is 0.918 bits per heavy atom. The van der Waals surface area contributed by atoms with Gasteiger partial charge in [0.05, 0.1) is 39.2 Å². The Hall–Kier alpha value is -7.49. The Labute approximate surface area is 498 Å². The topological polar surface area (TPSA) is 216 Å². The van der Waals surface area contributed by atoms with Gasteiger partial charge in [0, 0.05) is 76.1 Å². The van der Waals surface area contributed by atoms with Gasteiger partial charge in [-0.2, -0.15) is 9.97 Å². The van der Waals surface area contributed by atoms with Crippen molar-refractivity contribution in [3.63, 3.8) is 0 Å². The average molecular weight is 1180 g/mol. The van der Waals surface area contributed by atoms with Crippen LogP contribution in [-0.4, -0.2) is 157 Å². The van der Waals surface area contributed by atoms with Gasteiger partial charge in [0.1, 0.15) is 48.0 Å². The highest BCUT2D eigenvalue weighted by Gasteiger charge is 2.51. The number of anilines is 2. The lowest BCUT2D eigenvalue weighted by Gasteiger charge is -2.36. The van der Waals surface area contributed by atoms with Crippen LogP contribution in [0.25, 0.3) is 43.4 Å². The summed E-state index contributed by atoms with van der Waals surface area (Å²) in [6.07, 6.45) is 8.95. The molecule has 0 bridgehead atoms. The largest absolute Gasteiger partial charge is 0.508 e. The van der Waals surface area contributed by atoms with Gasteiger partial charge in [0.2, 0.25) is 11.8 Å². The molecule has 85 heavy (non-hydrogen) atoms. The Bertz CT molecular complexity index is 3580. The predicted octanol–water partition coefficient (Wildman–Crippen LogP) is 9.97. The maximum absolute atomic E-state index is 17.3. The minimum absolute atomic E-state index is 0.0115. The SMILES string of the molecule is CCc1cccc2cc(O)cc(-c3ncc4c(N5CCCCCC5)nc(OC[C@@]56CCCN5[C@H](COC(=O)N5CCN(c7cc(C(C(=O)N8C[C@H](O)C[C@H]8C(=O)NC(C)c8ccc(-c9scnc9C)cc8)C(C)C)on7)CC5)CC6)nc4c3F)c12. The summed E-state index contributed by atoms with van der Waals surface area (Å²) in [7, 11) is 0. The van der Waals surface area contributed by atoms with Crippen LogP contribution < -0.4 is 19.9 Å². The van der Waals surface area contributed by atoms with Gasteiger partial charge in [-0.25, -0.2) is 14.2 Å². The fourth-order valence-electron chi connectivity index (χ4n) is 13.8. The zero-order valence-electron chi connectivity index (χ0n) is 49.1. The molecule has 6 atom stereocenters. The molecular weight excluding hydrogens is 1100 g/mol. The highest BCUT2D eigenvalue weighted by Crippen LogP contribution is 2.44. The Morgan fingerprint density at radius 2 is 1.71 bits per heavy atom. The van der Waals surface area contributed by atoms with Crippen LogP contribution in [0.3, 0.4) is 0 Å². The van der Waals surface area contributed by atoms with Crippen LogP contribution in [0.15, 0.2) is 76.9 Å². The van der Waals surface area contributed by atoms with E-state index in [1.165, 1.54) is 4.90 Å². The van der Waals surface area contributed by atoms with Gasteiger partial charge in [-0.3, -0.25) is 19.5 Å². The third-order valence-electron chi connectivity index (χ3n) is 18.4. The van der Waals surface area contributed by atoms with Gasteiger partial charge >= 0.3 is 12.1 Å². The van der Waals surface area contributed by atoms with Crippen molar-refractivity contribution in [2.45, 2.75) is 135 Å². The van der Waals surface area contributed by atoms with E-state index in [2.05, 4.69) is 32.2 Å². The number of piperazine rings is 1. The molecule has 7 aromatic rings. The molecule has 4 aromatic heterocycles. The molecule has 3 aromatic carbocycles. The molecule has 0 radical (unpaired) electrons. The van der Waals surface area contributed by atoms with Crippen LogP contribution in [0.4, 0.5) is 20.8 Å². The molecule has 3 N–H and O–H groups in total. The van der Waals surface area contributed by atoms with Gasteiger partial charge in [0.25, 0.3) is 0 Å². The van der Waals surface area contributed by atoms with Crippen molar-refractivity contribution in [3.05, 3.63) is 101 Å². The van der Waals surface area contributed by atoms with Gasteiger partial charge < -0.3 is 49.1 Å². The normalized spacial score (nSPS) is 21.9. The van der Waals surface area contributed by atoms with Crippen LogP contribution >= 0.6 is 11.3 Å². The lowest BCUT2D eigenvalue weighted by atomic mass is 9.91. The molecule has 5 saturated heterocycles. The van der Waals surface area contributed by atoms with E-state index >= 15 is 4.39 Å². The number of halogens is 1. The lowest BCUT2D eigenvalue weighted by Crippen LogP contribution is -2.50. The molecule has 0 saturated carbocycles. The number of phenolic OH excluding ortho intramolecular Hbond substituents is 1. The monoisotopic (exact) mass is 1180 g/mol. The number of amides is 3. The van der Waals surface area contributed by atoms with Crippen LogP contribution in [0.5, 0.6) is 11.8 Å². The number of pyridine rings is 1. The van der Waals surface area contributed by atoms with Gasteiger partial charge in [-0.05, 0) is 111 Å². The molecule has 0 aliphatic carbocycles. The number of aliphatic hydroxyl groups is 1. The van der Waals surface area contributed by atoms with Crippen molar-refractivity contribution in [2.75, 3.05) is 75.4 Å². The standard InChI is InChI=1S/C64H76FN11O8S/c1-6-41-13-11-14-44-29-46(77)30-48(54(41)44)56-55(65)57-49(33-66-56)59(73-22-9-7-8-10-23-73)70-62(69-57)83-36-64-20-12-24-76(64)45(19-21-64)35-82-63(81)74-27-25-72(26-28-74)52-32-51(84-71-52)53(38(2)3)61(80)75-34-47(78)31-50(75)60(79)68-39(4)42-15-17-43(18-16-42)58-40(5)67-37-85-58/h11,13-18,29-30,32-33,37-39,45,47,50,53,77-78H,6-10,12,19-28,31,34-36H2,1-5H3,(H,68,79)/t39?,45-,47+,50-,53?,64-/m0/s1. The minimum Gasteiger partial charge on any atom is -0.508 e. The molecule has 448 valence electrons. The molecule has 21 heteroatoms. The maximum atomic E-state index is 17.3. The molecule has 19 nitrogen and oxygen atoms in total. The number of carbonyl (C=O) groups excluding carboxylic acids is 3. The molecule has 0 spiro atoms.